The van der Waals surface area contributed by atoms with Crippen molar-refractivity contribution in [3.05, 3.63) is 29.6 Å². The van der Waals surface area contributed by atoms with Crippen LogP contribution >= 0.6 is 0 Å². The summed E-state index contributed by atoms with van der Waals surface area (Å²) in [7, 11) is 1.59. The number of benzene rings is 1. The van der Waals surface area contributed by atoms with Gasteiger partial charge in [-0.3, -0.25) is 19.6 Å². The van der Waals surface area contributed by atoms with Gasteiger partial charge in [-0.2, -0.15) is 5.10 Å². The first-order chi connectivity index (χ1) is 11.3. The smallest absolute Gasteiger partial charge is 0.320 e. The fourth-order valence-corrected chi connectivity index (χ4v) is 2.16. The Kier molecular flexibility index (Phi) is 5.30. The molecule has 8 heteroatoms. The Morgan fingerprint density at radius 1 is 1.38 bits per heavy atom. The fourth-order valence-electron chi connectivity index (χ4n) is 2.16. The molecule has 0 bridgehead atoms. The molecule has 1 amide bonds. The third kappa shape index (κ3) is 4.17. The zero-order chi connectivity index (χ0) is 17.9. The summed E-state index contributed by atoms with van der Waals surface area (Å²) in [5.41, 5.74) is 2.27. The molecule has 8 nitrogen and oxygen atoms in total. The Morgan fingerprint density at radius 3 is 2.67 bits per heavy atom. The maximum atomic E-state index is 12.3. The van der Waals surface area contributed by atoms with Crippen molar-refractivity contribution < 1.29 is 14.7 Å². The number of anilines is 1. The van der Waals surface area contributed by atoms with E-state index in [4.69, 9.17) is 5.11 Å². The van der Waals surface area contributed by atoms with E-state index in [1.54, 1.807) is 14.0 Å². The van der Waals surface area contributed by atoms with Crippen molar-refractivity contribution in [2.75, 3.05) is 18.9 Å². The summed E-state index contributed by atoms with van der Waals surface area (Å²) in [5, 5.41) is 18.7. The van der Waals surface area contributed by atoms with Crippen molar-refractivity contribution in [3.8, 4) is 11.4 Å². The van der Waals surface area contributed by atoms with Crippen LogP contribution < -0.4 is 5.32 Å². The van der Waals surface area contributed by atoms with Gasteiger partial charge >= 0.3 is 5.97 Å². The van der Waals surface area contributed by atoms with Crippen LogP contribution in [-0.4, -0.2) is 56.7 Å². The number of nitrogens with one attached hydrogen (secondary N) is 2. The number of carboxylic acids is 1. The van der Waals surface area contributed by atoms with Crippen LogP contribution in [0.4, 0.5) is 5.69 Å². The Hall–Kier alpha value is -2.74. The summed E-state index contributed by atoms with van der Waals surface area (Å²) in [5.74, 6) is -0.102. The minimum Gasteiger partial charge on any atom is -0.480 e. The normalized spacial score (nSPS) is 12.2. The monoisotopic (exact) mass is 331 g/mol. The van der Waals surface area contributed by atoms with Crippen molar-refractivity contribution >= 4 is 17.6 Å². The lowest BCUT2D eigenvalue weighted by atomic mass is 10.1. The summed E-state index contributed by atoms with van der Waals surface area (Å²) in [6.45, 7) is 5.21. The lowest BCUT2D eigenvalue weighted by Crippen LogP contribution is -2.40. The van der Waals surface area contributed by atoms with Crippen molar-refractivity contribution in [2.45, 2.75) is 26.8 Å². The van der Waals surface area contributed by atoms with Crippen LogP contribution in [0.3, 0.4) is 0 Å². The van der Waals surface area contributed by atoms with Gasteiger partial charge in [0.2, 0.25) is 5.91 Å². The minimum absolute atomic E-state index is 0.0339. The number of amides is 1. The van der Waals surface area contributed by atoms with E-state index in [2.05, 4.69) is 20.5 Å². The molecule has 128 valence electrons. The molecule has 1 aromatic heterocycles. The molecular formula is C16H21N5O3. The molecule has 0 saturated carbocycles. The van der Waals surface area contributed by atoms with E-state index in [-0.39, 0.29) is 12.5 Å². The number of nitrogens with zero attached hydrogens (tertiary/aromatic N) is 3. The van der Waals surface area contributed by atoms with Crippen LogP contribution in [0.2, 0.25) is 0 Å². The highest BCUT2D eigenvalue weighted by atomic mass is 16.4. The van der Waals surface area contributed by atoms with Crippen LogP contribution in [0.15, 0.2) is 18.2 Å². The molecule has 3 N–H and O–H groups in total. The van der Waals surface area contributed by atoms with Crippen molar-refractivity contribution in [1.29, 1.82) is 0 Å². The maximum Gasteiger partial charge on any atom is 0.320 e. The third-order valence-electron chi connectivity index (χ3n) is 3.70. The number of aromatic amines is 1. The largest absolute Gasteiger partial charge is 0.480 e. The van der Waals surface area contributed by atoms with E-state index in [9.17, 15) is 9.59 Å². The number of likely N-dealkylation sites (N-methyl/N-ethyl adjacent to an activating group) is 1. The molecule has 2 rings (SSSR count). The first-order valence-electron chi connectivity index (χ1n) is 7.51. The number of carbonyl (C=O) groups excluding carboxylic acids is 1. The summed E-state index contributed by atoms with van der Waals surface area (Å²) < 4.78 is 0. The zero-order valence-corrected chi connectivity index (χ0v) is 14.1. The van der Waals surface area contributed by atoms with Crippen molar-refractivity contribution in [1.82, 2.24) is 20.1 Å². The minimum atomic E-state index is -0.974. The molecule has 2 aromatic rings. The molecule has 0 spiro atoms. The molecule has 0 aliphatic rings. The molecule has 1 atom stereocenters. The molecule has 0 aliphatic heterocycles. The molecule has 1 heterocycles. The highest BCUT2D eigenvalue weighted by molar-refractivity contribution is 5.96. The molecule has 24 heavy (non-hydrogen) atoms. The van der Waals surface area contributed by atoms with E-state index in [0.29, 0.717) is 22.9 Å². The third-order valence-corrected chi connectivity index (χ3v) is 3.70. The number of aryl methyl sites for hydroxylation is 2. The summed E-state index contributed by atoms with van der Waals surface area (Å²) in [6.07, 6.45) is 0. The van der Waals surface area contributed by atoms with Crippen LogP contribution in [0.1, 0.15) is 18.3 Å². The summed E-state index contributed by atoms with van der Waals surface area (Å²) >= 11 is 0. The average Bonchev–Trinajstić information content (AvgIpc) is 2.92. The number of aliphatic carboxylic acids is 1. The molecule has 0 aliphatic carbocycles. The van der Waals surface area contributed by atoms with Crippen LogP contribution in [0.5, 0.6) is 0 Å². The van der Waals surface area contributed by atoms with Gasteiger partial charge in [0.25, 0.3) is 0 Å². The van der Waals surface area contributed by atoms with Crippen LogP contribution in [-0.2, 0) is 9.59 Å². The van der Waals surface area contributed by atoms with Crippen LogP contribution in [0.25, 0.3) is 11.4 Å². The molecule has 0 radical (unpaired) electrons. The van der Waals surface area contributed by atoms with Gasteiger partial charge in [0.05, 0.1) is 12.2 Å². The Morgan fingerprint density at radius 2 is 2.08 bits per heavy atom. The Balaban J connectivity index is 2.18. The molecular weight excluding hydrogens is 310 g/mol. The van der Waals surface area contributed by atoms with Gasteiger partial charge in [-0.05, 0) is 45.5 Å². The first kappa shape index (κ1) is 17.6. The number of hydrogen-bond acceptors (Lipinski definition) is 5. The predicted molar refractivity (Wildman–Crippen MR) is 89.7 cm³/mol. The van der Waals surface area contributed by atoms with Crippen molar-refractivity contribution in [2.24, 2.45) is 0 Å². The maximum absolute atomic E-state index is 12.3. The topological polar surface area (TPSA) is 111 Å². The number of H-pyrrole nitrogens is 1. The number of aromatic nitrogens is 3. The summed E-state index contributed by atoms with van der Waals surface area (Å²) in [4.78, 5) is 29.0. The lowest BCUT2D eigenvalue weighted by Gasteiger charge is -2.20. The second-order valence-electron chi connectivity index (χ2n) is 5.77. The average molecular weight is 331 g/mol. The van der Waals surface area contributed by atoms with Gasteiger partial charge in [-0.15, -0.1) is 0 Å². The van der Waals surface area contributed by atoms with Crippen molar-refractivity contribution in [3.63, 3.8) is 0 Å². The number of carbonyl (C=O) groups is 2. The number of rotatable bonds is 6. The van der Waals surface area contributed by atoms with Gasteiger partial charge in [0, 0.05) is 5.56 Å². The van der Waals surface area contributed by atoms with E-state index in [1.807, 2.05) is 25.1 Å². The molecule has 0 saturated heterocycles. The van der Waals surface area contributed by atoms with E-state index in [1.165, 1.54) is 11.8 Å². The van der Waals surface area contributed by atoms with Gasteiger partial charge < -0.3 is 10.4 Å². The molecule has 1 aromatic carbocycles. The van der Waals surface area contributed by atoms with E-state index in [0.717, 1.165) is 5.56 Å². The first-order valence-corrected chi connectivity index (χ1v) is 7.51. The standard InChI is InChI=1S/C16H21N5O3/c1-9-5-6-12(15-17-11(3)19-20-15)13(7-9)18-14(22)8-21(4)10(2)16(23)24/h5-7,10H,8H2,1-4H3,(H,18,22)(H,23,24)(H,17,19,20). The van der Waals surface area contributed by atoms with Crippen LogP contribution in [0, 0.1) is 13.8 Å². The lowest BCUT2D eigenvalue weighted by molar-refractivity contribution is -0.142. The number of hydrogen-bond donors (Lipinski definition) is 3. The molecule has 1 unspecified atom stereocenters. The summed E-state index contributed by atoms with van der Waals surface area (Å²) in [6, 6.07) is 4.84. The second kappa shape index (κ2) is 7.22. The fraction of sp³-hybridized carbons (Fsp3) is 0.375. The predicted octanol–water partition coefficient (Wildman–Crippen LogP) is 1.43. The number of carboxylic acid groups (broad SMARTS) is 1. The second-order valence-corrected chi connectivity index (χ2v) is 5.77. The van der Waals surface area contributed by atoms with Gasteiger partial charge in [0.15, 0.2) is 5.82 Å². The Labute approximate surface area is 139 Å². The quantitative estimate of drug-likeness (QED) is 0.738. The highest BCUT2D eigenvalue weighted by Crippen LogP contribution is 2.26. The van der Waals surface area contributed by atoms with E-state index >= 15 is 0 Å². The Bertz CT molecular complexity index is 756. The van der Waals surface area contributed by atoms with Gasteiger partial charge in [-0.1, -0.05) is 6.07 Å². The highest BCUT2D eigenvalue weighted by Gasteiger charge is 2.20. The van der Waals surface area contributed by atoms with Gasteiger partial charge in [0.1, 0.15) is 11.9 Å². The SMILES string of the molecule is Cc1ccc(-c2n[nH]c(C)n2)c(NC(=O)CN(C)C(C)C(=O)O)c1. The van der Waals surface area contributed by atoms with Gasteiger partial charge in [-0.25, -0.2) is 4.98 Å². The zero-order valence-electron chi connectivity index (χ0n) is 14.1. The molecule has 0 fully saturated rings. The van der Waals surface area contributed by atoms with E-state index < -0.39 is 12.0 Å².